The van der Waals surface area contributed by atoms with Crippen LogP contribution in [-0.2, 0) is 6.54 Å². The van der Waals surface area contributed by atoms with E-state index in [4.69, 9.17) is 5.73 Å². The Morgan fingerprint density at radius 3 is 1.55 bits per heavy atom. The van der Waals surface area contributed by atoms with Crippen molar-refractivity contribution in [1.82, 2.24) is 0 Å². The number of hydrogen-bond acceptors (Lipinski definition) is 3. The van der Waals surface area contributed by atoms with Gasteiger partial charge < -0.3 is 15.2 Å². The van der Waals surface area contributed by atoms with Gasteiger partial charge in [0, 0.05) is 12.1 Å². The van der Waals surface area contributed by atoms with Gasteiger partial charge in [0.2, 0.25) is 0 Å². The summed E-state index contributed by atoms with van der Waals surface area (Å²) in [6.45, 7) is -3.45. The summed E-state index contributed by atoms with van der Waals surface area (Å²) >= 11 is 0. The van der Waals surface area contributed by atoms with Crippen LogP contribution < -0.4 is 15.2 Å². The second kappa shape index (κ2) is 6.21. The van der Waals surface area contributed by atoms with E-state index >= 15 is 0 Å². The van der Waals surface area contributed by atoms with Gasteiger partial charge >= 0.3 is 12.4 Å². The molecule has 0 saturated carbocycles. The van der Waals surface area contributed by atoms with E-state index in [1.54, 1.807) is 0 Å². The van der Waals surface area contributed by atoms with Gasteiger partial charge in [0.1, 0.15) is 11.5 Å². The summed E-state index contributed by atoms with van der Waals surface area (Å²) in [7, 11) is 0. The van der Waals surface area contributed by atoms with Crippen LogP contribution in [0.15, 0.2) is 18.2 Å². The van der Waals surface area contributed by atoms with Crippen molar-refractivity contribution in [2.24, 2.45) is 5.73 Å². The quantitative estimate of drug-likeness (QED) is 0.850. The standard InChI is InChI=1S/C11H11F6NO2/c12-10(13,14)5-19-8-2-1-3-9(7(8)4-18)20-6-11(15,16)17/h1-3H,4-6,18H2. The van der Waals surface area contributed by atoms with Crippen molar-refractivity contribution in [1.29, 1.82) is 0 Å². The lowest BCUT2D eigenvalue weighted by molar-refractivity contribution is -0.154. The first-order valence-corrected chi connectivity index (χ1v) is 5.33. The molecule has 0 aliphatic heterocycles. The van der Waals surface area contributed by atoms with Gasteiger partial charge in [-0.15, -0.1) is 0 Å². The lowest BCUT2D eigenvalue weighted by atomic mass is 10.2. The maximum Gasteiger partial charge on any atom is 0.422 e. The van der Waals surface area contributed by atoms with E-state index in [2.05, 4.69) is 9.47 Å². The van der Waals surface area contributed by atoms with Gasteiger partial charge in [-0.1, -0.05) is 6.07 Å². The fraction of sp³-hybridized carbons (Fsp3) is 0.455. The predicted molar refractivity (Wildman–Crippen MR) is 57.4 cm³/mol. The van der Waals surface area contributed by atoms with Crippen LogP contribution in [0, 0.1) is 0 Å². The second-order valence-electron chi connectivity index (χ2n) is 3.74. The van der Waals surface area contributed by atoms with Gasteiger partial charge in [0.25, 0.3) is 0 Å². The molecular formula is C11H11F6NO2. The minimum Gasteiger partial charge on any atom is -0.484 e. The Balaban J connectivity index is 2.86. The van der Waals surface area contributed by atoms with Gasteiger partial charge in [-0.2, -0.15) is 26.3 Å². The van der Waals surface area contributed by atoms with Gasteiger partial charge in [-0.3, -0.25) is 0 Å². The average molecular weight is 303 g/mol. The molecule has 0 radical (unpaired) electrons. The Morgan fingerprint density at radius 2 is 1.25 bits per heavy atom. The first kappa shape index (κ1) is 16.4. The van der Waals surface area contributed by atoms with Crippen molar-refractivity contribution in [3.63, 3.8) is 0 Å². The highest BCUT2D eigenvalue weighted by molar-refractivity contribution is 5.44. The van der Waals surface area contributed by atoms with E-state index in [1.807, 2.05) is 0 Å². The molecule has 0 unspecified atom stereocenters. The number of ether oxygens (including phenoxy) is 2. The SMILES string of the molecule is NCc1c(OCC(F)(F)F)cccc1OCC(F)(F)F. The summed E-state index contributed by atoms with van der Waals surface area (Å²) in [5.41, 5.74) is 5.25. The molecule has 0 bridgehead atoms. The predicted octanol–water partition coefficient (Wildman–Crippen LogP) is 3.03. The number of rotatable bonds is 5. The summed E-state index contributed by atoms with van der Waals surface area (Å²) < 4.78 is 81.3. The molecule has 1 rings (SSSR count). The molecule has 9 heteroatoms. The lowest BCUT2D eigenvalue weighted by Gasteiger charge is -2.16. The highest BCUT2D eigenvalue weighted by atomic mass is 19.4. The second-order valence-corrected chi connectivity index (χ2v) is 3.74. The average Bonchev–Trinajstić information content (AvgIpc) is 2.31. The van der Waals surface area contributed by atoms with Crippen molar-refractivity contribution < 1.29 is 35.8 Å². The van der Waals surface area contributed by atoms with E-state index in [1.165, 1.54) is 18.2 Å². The van der Waals surface area contributed by atoms with Gasteiger partial charge in [-0.25, -0.2) is 0 Å². The summed E-state index contributed by atoms with van der Waals surface area (Å²) in [6.07, 6.45) is -9.12. The molecule has 0 aliphatic carbocycles. The zero-order chi connectivity index (χ0) is 15.4. The molecule has 20 heavy (non-hydrogen) atoms. The minimum absolute atomic E-state index is 0.0546. The summed E-state index contributed by atoms with van der Waals surface area (Å²) in [5, 5.41) is 0. The maximum absolute atomic E-state index is 12.0. The zero-order valence-corrected chi connectivity index (χ0v) is 10.0. The van der Waals surface area contributed by atoms with Crippen LogP contribution in [0.1, 0.15) is 5.56 Å². The lowest BCUT2D eigenvalue weighted by Crippen LogP contribution is -2.21. The van der Waals surface area contributed by atoms with Crippen LogP contribution in [0.2, 0.25) is 0 Å². The highest BCUT2D eigenvalue weighted by Gasteiger charge is 2.30. The van der Waals surface area contributed by atoms with Crippen molar-refractivity contribution in [2.75, 3.05) is 13.2 Å². The molecule has 0 amide bonds. The Kier molecular flexibility index (Phi) is 5.09. The molecular weight excluding hydrogens is 292 g/mol. The van der Waals surface area contributed by atoms with E-state index in [9.17, 15) is 26.3 Å². The summed E-state index contributed by atoms with van der Waals surface area (Å²) in [5.74, 6) is -0.519. The number of alkyl halides is 6. The van der Waals surface area contributed by atoms with Crippen LogP contribution in [-0.4, -0.2) is 25.6 Å². The first-order chi connectivity index (χ1) is 9.12. The number of halogens is 6. The molecule has 0 spiro atoms. The first-order valence-electron chi connectivity index (χ1n) is 5.33. The van der Waals surface area contributed by atoms with Crippen molar-refractivity contribution in [3.05, 3.63) is 23.8 Å². The molecule has 1 aromatic carbocycles. The van der Waals surface area contributed by atoms with Gasteiger partial charge in [0.15, 0.2) is 13.2 Å². The van der Waals surface area contributed by atoms with Crippen LogP contribution in [0.4, 0.5) is 26.3 Å². The topological polar surface area (TPSA) is 44.5 Å². The van der Waals surface area contributed by atoms with E-state index in [0.717, 1.165) is 0 Å². The fourth-order valence-corrected chi connectivity index (χ4v) is 1.34. The highest BCUT2D eigenvalue weighted by Crippen LogP contribution is 2.30. The third-order valence-corrected chi connectivity index (χ3v) is 2.08. The third kappa shape index (κ3) is 5.55. The van der Waals surface area contributed by atoms with E-state index in [-0.39, 0.29) is 23.6 Å². The molecule has 3 nitrogen and oxygen atoms in total. The third-order valence-electron chi connectivity index (χ3n) is 2.08. The zero-order valence-electron chi connectivity index (χ0n) is 10.0. The van der Waals surface area contributed by atoms with Crippen LogP contribution in [0.3, 0.4) is 0 Å². The maximum atomic E-state index is 12.0. The number of nitrogens with two attached hydrogens (primary N) is 1. The van der Waals surface area contributed by atoms with Crippen LogP contribution in [0.25, 0.3) is 0 Å². The van der Waals surface area contributed by atoms with Crippen LogP contribution >= 0.6 is 0 Å². The minimum atomic E-state index is -4.56. The molecule has 0 aliphatic rings. The van der Waals surface area contributed by atoms with Crippen LogP contribution in [0.5, 0.6) is 11.5 Å². The molecule has 0 heterocycles. The normalized spacial score (nSPS) is 12.3. The summed E-state index contributed by atoms with van der Waals surface area (Å²) in [6, 6.07) is 3.57. The Bertz CT molecular complexity index is 407. The molecule has 1 aromatic rings. The molecule has 0 fully saturated rings. The van der Waals surface area contributed by atoms with E-state index in [0.29, 0.717) is 0 Å². The number of hydrogen-bond donors (Lipinski definition) is 1. The smallest absolute Gasteiger partial charge is 0.422 e. The molecule has 0 aromatic heterocycles. The fourth-order valence-electron chi connectivity index (χ4n) is 1.34. The summed E-state index contributed by atoms with van der Waals surface area (Å²) in [4.78, 5) is 0. The Hall–Kier alpha value is -1.64. The Morgan fingerprint density at radius 1 is 0.850 bits per heavy atom. The number of benzene rings is 1. The van der Waals surface area contributed by atoms with Crippen molar-refractivity contribution in [3.8, 4) is 11.5 Å². The molecule has 2 N–H and O–H groups in total. The van der Waals surface area contributed by atoms with Gasteiger partial charge in [0.05, 0.1) is 0 Å². The van der Waals surface area contributed by atoms with Crippen molar-refractivity contribution >= 4 is 0 Å². The van der Waals surface area contributed by atoms with Gasteiger partial charge in [-0.05, 0) is 12.1 Å². The monoisotopic (exact) mass is 303 g/mol. The molecule has 0 atom stereocenters. The largest absolute Gasteiger partial charge is 0.484 e. The Labute approximate surface area is 110 Å². The molecule has 114 valence electrons. The van der Waals surface area contributed by atoms with E-state index < -0.39 is 25.6 Å². The molecule has 0 saturated heterocycles. The van der Waals surface area contributed by atoms with Crippen molar-refractivity contribution in [2.45, 2.75) is 18.9 Å².